The zero-order chi connectivity index (χ0) is 17.1. The smallest absolute Gasteiger partial charge is 0.305 e. The molecule has 0 spiro atoms. The molecule has 0 bridgehead atoms. The van der Waals surface area contributed by atoms with Crippen molar-refractivity contribution in [2.45, 2.75) is 31.9 Å². The fourth-order valence-corrected chi connectivity index (χ4v) is 2.98. The van der Waals surface area contributed by atoms with Gasteiger partial charge in [0.25, 0.3) is 0 Å². The first-order chi connectivity index (χ1) is 11.6. The van der Waals surface area contributed by atoms with Crippen molar-refractivity contribution in [2.75, 3.05) is 6.61 Å². The number of amides is 1. The van der Waals surface area contributed by atoms with Crippen LogP contribution in [0.25, 0.3) is 10.8 Å². The van der Waals surface area contributed by atoms with E-state index in [0.29, 0.717) is 13.0 Å². The van der Waals surface area contributed by atoms with Gasteiger partial charge in [0.1, 0.15) is 0 Å². The van der Waals surface area contributed by atoms with Crippen LogP contribution in [-0.2, 0) is 14.3 Å². The number of carbonyl (C=O) groups excluding carboxylic acids is 1. The van der Waals surface area contributed by atoms with Crippen LogP contribution in [0, 0.1) is 5.92 Å². The van der Waals surface area contributed by atoms with E-state index in [0.717, 1.165) is 16.3 Å². The van der Waals surface area contributed by atoms with Gasteiger partial charge in [-0.15, -0.1) is 0 Å². The van der Waals surface area contributed by atoms with Crippen molar-refractivity contribution in [2.24, 2.45) is 5.92 Å². The number of fused-ring (bicyclic) bond motifs is 1. The highest BCUT2D eigenvalue weighted by Gasteiger charge is 2.44. The standard InChI is InChI=1S/C19H21NO4/c1-2-24-17-10-15(17)19(23)20-16(11-18(21)22)14-8-7-12-5-3-4-6-13(12)9-14/h3-9,15-17H,2,10-11H2,1H3,(H,20,23)(H,21,22)/t15?,16-,17?/m0/s1. The summed E-state index contributed by atoms with van der Waals surface area (Å²) in [7, 11) is 0. The van der Waals surface area contributed by atoms with Crippen LogP contribution < -0.4 is 5.32 Å². The van der Waals surface area contributed by atoms with Crippen LogP contribution in [0.4, 0.5) is 0 Å². The summed E-state index contributed by atoms with van der Waals surface area (Å²) in [5, 5.41) is 14.2. The summed E-state index contributed by atoms with van der Waals surface area (Å²) in [5.74, 6) is -1.24. The zero-order valence-electron chi connectivity index (χ0n) is 13.6. The lowest BCUT2D eigenvalue weighted by Crippen LogP contribution is -2.32. The average molecular weight is 327 g/mol. The minimum absolute atomic E-state index is 0.0305. The molecular formula is C19H21NO4. The molecule has 1 saturated carbocycles. The first-order valence-electron chi connectivity index (χ1n) is 8.21. The lowest BCUT2D eigenvalue weighted by atomic mass is 9.99. The van der Waals surface area contributed by atoms with Crippen molar-refractivity contribution in [3.63, 3.8) is 0 Å². The predicted octanol–water partition coefficient (Wildman–Crippen LogP) is 2.90. The van der Waals surface area contributed by atoms with E-state index in [9.17, 15) is 14.7 Å². The van der Waals surface area contributed by atoms with E-state index >= 15 is 0 Å². The molecule has 5 nitrogen and oxygen atoms in total. The summed E-state index contributed by atoms with van der Waals surface area (Å²) < 4.78 is 5.44. The number of aliphatic carboxylic acids is 1. The third-order valence-corrected chi connectivity index (χ3v) is 4.32. The van der Waals surface area contributed by atoms with E-state index in [1.807, 2.05) is 49.4 Å². The topological polar surface area (TPSA) is 75.6 Å². The van der Waals surface area contributed by atoms with Gasteiger partial charge in [0.15, 0.2) is 0 Å². The van der Waals surface area contributed by atoms with E-state index < -0.39 is 12.0 Å². The van der Waals surface area contributed by atoms with Gasteiger partial charge in [-0.2, -0.15) is 0 Å². The Morgan fingerprint density at radius 1 is 1.25 bits per heavy atom. The minimum atomic E-state index is -0.939. The lowest BCUT2D eigenvalue weighted by molar-refractivity contribution is -0.137. The molecule has 3 rings (SSSR count). The van der Waals surface area contributed by atoms with Gasteiger partial charge in [0.05, 0.1) is 24.5 Å². The second-order valence-corrected chi connectivity index (χ2v) is 6.10. The van der Waals surface area contributed by atoms with E-state index in [1.54, 1.807) is 0 Å². The molecule has 0 radical (unpaired) electrons. The Labute approximate surface area is 140 Å². The van der Waals surface area contributed by atoms with Gasteiger partial charge in [-0.3, -0.25) is 9.59 Å². The van der Waals surface area contributed by atoms with Crippen molar-refractivity contribution in [1.29, 1.82) is 0 Å². The van der Waals surface area contributed by atoms with Crippen molar-refractivity contribution >= 4 is 22.6 Å². The predicted molar refractivity (Wildman–Crippen MR) is 90.6 cm³/mol. The largest absolute Gasteiger partial charge is 0.481 e. The molecule has 5 heteroatoms. The normalized spacial score (nSPS) is 20.5. The SMILES string of the molecule is CCOC1CC1C(=O)N[C@@H](CC(=O)O)c1ccc2ccccc2c1. The van der Waals surface area contributed by atoms with Crippen LogP contribution in [0.5, 0.6) is 0 Å². The van der Waals surface area contributed by atoms with Crippen LogP contribution in [0.1, 0.15) is 31.4 Å². The Morgan fingerprint density at radius 3 is 2.71 bits per heavy atom. The number of hydrogen-bond donors (Lipinski definition) is 2. The Morgan fingerprint density at radius 2 is 2.00 bits per heavy atom. The van der Waals surface area contributed by atoms with E-state index in [1.165, 1.54) is 0 Å². The number of rotatable bonds is 7. The second kappa shape index (κ2) is 7.01. The fraction of sp³-hybridized carbons (Fsp3) is 0.368. The number of nitrogens with one attached hydrogen (secondary N) is 1. The molecule has 0 saturated heterocycles. The third kappa shape index (κ3) is 3.74. The number of carboxylic acids is 1. The summed E-state index contributed by atoms with van der Waals surface area (Å²) >= 11 is 0. The summed E-state index contributed by atoms with van der Waals surface area (Å²) in [6.07, 6.45) is 0.532. The van der Waals surface area contributed by atoms with Crippen molar-refractivity contribution in [3.8, 4) is 0 Å². The highest BCUT2D eigenvalue weighted by molar-refractivity contribution is 5.85. The van der Waals surface area contributed by atoms with Crippen LogP contribution in [-0.4, -0.2) is 29.7 Å². The van der Waals surface area contributed by atoms with E-state index in [4.69, 9.17) is 4.74 Å². The van der Waals surface area contributed by atoms with Crippen molar-refractivity contribution in [1.82, 2.24) is 5.32 Å². The molecule has 2 aromatic rings. The second-order valence-electron chi connectivity index (χ2n) is 6.10. The van der Waals surface area contributed by atoms with Gasteiger partial charge in [-0.1, -0.05) is 36.4 Å². The molecule has 2 N–H and O–H groups in total. The molecule has 126 valence electrons. The van der Waals surface area contributed by atoms with Gasteiger partial charge in [-0.25, -0.2) is 0 Å². The lowest BCUT2D eigenvalue weighted by Gasteiger charge is -2.18. The Bertz CT molecular complexity index is 758. The van der Waals surface area contributed by atoms with Crippen LogP contribution >= 0.6 is 0 Å². The van der Waals surface area contributed by atoms with Gasteiger partial charge in [-0.05, 0) is 35.7 Å². The first-order valence-corrected chi connectivity index (χ1v) is 8.21. The maximum atomic E-state index is 12.3. The number of ether oxygens (including phenoxy) is 1. The van der Waals surface area contributed by atoms with Crippen LogP contribution in [0.3, 0.4) is 0 Å². The molecule has 1 fully saturated rings. The minimum Gasteiger partial charge on any atom is -0.481 e. The number of hydrogen-bond acceptors (Lipinski definition) is 3. The molecule has 3 atom stereocenters. The quantitative estimate of drug-likeness (QED) is 0.820. The zero-order valence-corrected chi connectivity index (χ0v) is 13.6. The number of benzene rings is 2. The van der Waals surface area contributed by atoms with Gasteiger partial charge in [0, 0.05) is 6.61 Å². The van der Waals surface area contributed by atoms with E-state index in [2.05, 4.69) is 5.32 Å². The monoisotopic (exact) mass is 327 g/mol. The first kappa shape index (κ1) is 16.5. The highest BCUT2D eigenvalue weighted by atomic mass is 16.5. The van der Waals surface area contributed by atoms with Gasteiger partial charge < -0.3 is 15.2 Å². The summed E-state index contributed by atoms with van der Waals surface area (Å²) in [5.41, 5.74) is 0.804. The van der Waals surface area contributed by atoms with Crippen molar-refractivity contribution < 1.29 is 19.4 Å². The molecular weight excluding hydrogens is 306 g/mol. The van der Waals surface area contributed by atoms with Crippen molar-refractivity contribution in [3.05, 3.63) is 48.0 Å². The van der Waals surface area contributed by atoms with Gasteiger partial charge in [0.2, 0.25) is 5.91 Å². The Kier molecular flexibility index (Phi) is 4.81. The molecule has 2 unspecified atom stereocenters. The molecule has 24 heavy (non-hydrogen) atoms. The van der Waals surface area contributed by atoms with Crippen LogP contribution in [0.2, 0.25) is 0 Å². The number of carbonyl (C=O) groups is 2. The van der Waals surface area contributed by atoms with Crippen LogP contribution in [0.15, 0.2) is 42.5 Å². The molecule has 0 aromatic heterocycles. The Hall–Kier alpha value is -2.40. The maximum Gasteiger partial charge on any atom is 0.305 e. The number of carboxylic acid groups (broad SMARTS) is 1. The summed E-state index contributed by atoms with van der Waals surface area (Å²) in [4.78, 5) is 23.5. The molecule has 1 aliphatic rings. The summed E-state index contributed by atoms with van der Waals surface area (Å²) in [6.45, 7) is 2.48. The van der Waals surface area contributed by atoms with E-state index in [-0.39, 0.29) is 24.3 Å². The molecule has 1 aliphatic carbocycles. The molecule has 2 aromatic carbocycles. The fourth-order valence-electron chi connectivity index (χ4n) is 2.98. The average Bonchev–Trinajstić information content (AvgIpc) is 3.33. The molecule has 0 aliphatic heterocycles. The molecule has 1 amide bonds. The third-order valence-electron chi connectivity index (χ3n) is 4.32. The highest BCUT2D eigenvalue weighted by Crippen LogP contribution is 2.34. The maximum absolute atomic E-state index is 12.3. The molecule has 0 heterocycles. The summed E-state index contributed by atoms with van der Waals surface area (Å²) in [6, 6.07) is 13.1. The van der Waals surface area contributed by atoms with Gasteiger partial charge >= 0.3 is 5.97 Å². The Balaban J connectivity index is 1.77.